The number of ether oxygens (including phenoxy) is 1. The van der Waals surface area contributed by atoms with E-state index in [0.717, 1.165) is 4.88 Å². The Balaban J connectivity index is 1.98. The number of carbonyl (C=O) groups is 3. The molecule has 1 aliphatic rings. The third-order valence-corrected chi connectivity index (χ3v) is 4.60. The molecule has 1 aromatic heterocycles. The number of piperazine rings is 1. The van der Waals surface area contributed by atoms with Gasteiger partial charge in [-0.1, -0.05) is 6.07 Å². The normalized spacial score (nSPS) is 17.2. The van der Waals surface area contributed by atoms with E-state index < -0.39 is 12.0 Å². The van der Waals surface area contributed by atoms with Crippen molar-refractivity contribution in [2.24, 2.45) is 0 Å². The van der Waals surface area contributed by atoms with Gasteiger partial charge < -0.3 is 15.0 Å². The molecule has 2 heterocycles. The van der Waals surface area contributed by atoms with Crippen molar-refractivity contribution < 1.29 is 19.1 Å². The van der Waals surface area contributed by atoms with E-state index in [2.05, 4.69) is 10.6 Å². The van der Waals surface area contributed by atoms with Crippen LogP contribution in [-0.2, 0) is 19.1 Å². The lowest BCUT2D eigenvalue weighted by molar-refractivity contribution is -0.147. The molecule has 1 saturated heterocycles. The maximum absolute atomic E-state index is 12.1. The molecule has 0 bridgehead atoms. The molecule has 1 aromatic rings. The minimum absolute atomic E-state index is 0.116. The van der Waals surface area contributed by atoms with Gasteiger partial charge in [0.25, 0.3) is 0 Å². The summed E-state index contributed by atoms with van der Waals surface area (Å²) in [4.78, 5) is 38.3. The van der Waals surface area contributed by atoms with Crippen LogP contribution < -0.4 is 10.6 Å². The third-order valence-electron chi connectivity index (χ3n) is 3.43. The van der Waals surface area contributed by atoms with E-state index in [1.165, 1.54) is 17.4 Å². The largest absolute Gasteiger partial charge is 0.466 e. The van der Waals surface area contributed by atoms with Gasteiger partial charge in [-0.2, -0.15) is 0 Å². The Hall–Kier alpha value is -2.26. The van der Waals surface area contributed by atoms with E-state index in [1.807, 2.05) is 17.5 Å². The van der Waals surface area contributed by atoms with Crippen LogP contribution in [0.2, 0.25) is 0 Å². The zero-order valence-electron chi connectivity index (χ0n) is 13.7. The van der Waals surface area contributed by atoms with Crippen LogP contribution in [0.3, 0.4) is 0 Å². The first kappa shape index (κ1) is 19.1. The quantitative estimate of drug-likeness (QED) is 0.448. The maximum Gasteiger partial charge on any atom is 0.308 e. The first-order valence-corrected chi connectivity index (χ1v) is 9.06. The Bertz CT molecular complexity index is 673. The highest BCUT2D eigenvalue weighted by Gasteiger charge is 2.33. The van der Waals surface area contributed by atoms with E-state index in [1.54, 1.807) is 17.9 Å². The van der Waals surface area contributed by atoms with E-state index in [-0.39, 0.29) is 30.0 Å². The summed E-state index contributed by atoms with van der Waals surface area (Å²) >= 11 is 6.75. The summed E-state index contributed by atoms with van der Waals surface area (Å²) in [7, 11) is 0. The number of amides is 2. The van der Waals surface area contributed by atoms with E-state index >= 15 is 0 Å². The highest BCUT2D eigenvalue weighted by molar-refractivity contribution is 7.80. The van der Waals surface area contributed by atoms with Crippen LogP contribution in [0, 0.1) is 0 Å². The molecule has 1 unspecified atom stereocenters. The van der Waals surface area contributed by atoms with Gasteiger partial charge in [0.05, 0.1) is 13.0 Å². The van der Waals surface area contributed by atoms with Gasteiger partial charge in [-0.05, 0) is 36.7 Å². The fraction of sp³-hybridized carbons (Fsp3) is 0.375. The molecule has 1 aliphatic heterocycles. The van der Waals surface area contributed by atoms with Crippen molar-refractivity contribution in [2.45, 2.75) is 19.4 Å². The van der Waals surface area contributed by atoms with Gasteiger partial charge in [-0.15, -0.1) is 11.3 Å². The maximum atomic E-state index is 12.1. The Labute approximate surface area is 155 Å². The molecule has 2 rings (SSSR count). The summed E-state index contributed by atoms with van der Waals surface area (Å²) < 4.78 is 4.90. The van der Waals surface area contributed by atoms with Crippen molar-refractivity contribution in [1.29, 1.82) is 0 Å². The topological polar surface area (TPSA) is 87.7 Å². The van der Waals surface area contributed by atoms with Gasteiger partial charge in [0.15, 0.2) is 5.11 Å². The molecule has 1 atom stereocenters. The summed E-state index contributed by atoms with van der Waals surface area (Å²) in [5.41, 5.74) is 0. The fourth-order valence-corrected chi connectivity index (χ4v) is 3.24. The summed E-state index contributed by atoms with van der Waals surface area (Å²) in [5.74, 6) is -1.19. The molecule has 9 heteroatoms. The van der Waals surface area contributed by atoms with Crippen LogP contribution in [0.15, 0.2) is 23.6 Å². The lowest BCUT2D eigenvalue weighted by Crippen LogP contribution is -2.60. The van der Waals surface area contributed by atoms with E-state index in [9.17, 15) is 14.4 Å². The van der Waals surface area contributed by atoms with Crippen molar-refractivity contribution in [2.75, 3.05) is 19.7 Å². The highest BCUT2D eigenvalue weighted by atomic mass is 32.1. The second-order valence-corrected chi connectivity index (χ2v) is 6.52. The minimum Gasteiger partial charge on any atom is -0.466 e. The second kappa shape index (κ2) is 9.28. The van der Waals surface area contributed by atoms with Crippen molar-refractivity contribution in [1.82, 2.24) is 15.5 Å². The second-order valence-electron chi connectivity index (χ2n) is 5.15. The van der Waals surface area contributed by atoms with E-state index in [4.69, 9.17) is 17.0 Å². The molecule has 0 aliphatic carbocycles. The van der Waals surface area contributed by atoms with E-state index in [0.29, 0.717) is 13.1 Å². The number of hydrogen-bond acceptors (Lipinski definition) is 6. The Morgan fingerprint density at radius 2 is 2.36 bits per heavy atom. The SMILES string of the molecule is CCOC(=O)CC1C(=O)NCCN1C(=S)NC(=O)C=Cc1cccs1. The Morgan fingerprint density at radius 1 is 1.56 bits per heavy atom. The number of hydrogen-bond donors (Lipinski definition) is 2. The average Bonchev–Trinajstić information content (AvgIpc) is 3.08. The smallest absolute Gasteiger partial charge is 0.308 e. The van der Waals surface area contributed by atoms with Crippen LogP contribution >= 0.6 is 23.6 Å². The lowest BCUT2D eigenvalue weighted by Gasteiger charge is -2.36. The van der Waals surface area contributed by atoms with Crippen LogP contribution in [-0.4, -0.2) is 53.5 Å². The number of rotatable bonds is 5. The third kappa shape index (κ3) is 5.64. The predicted molar refractivity (Wildman–Crippen MR) is 98.8 cm³/mol. The minimum atomic E-state index is -0.790. The number of carbonyl (C=O) groups excluding carboxylic acids is 3. The fourth-order valence-electron chi connectivity index (χ4n) is 2.30. The van der Waals surface area contributed by atoms with Gasteiger partial charge in [0.1, 0.15) is 6.04 Å². The lowest BCUT2D eigenvalue weighted by atomic mass is 10.1. The molecule has 0 radical (unpaired) electrons. The first-order chi connectivity index (χ1) is 12.0. The first-order valence-electron chi connectivity index (χ1n) is 7.77. The number of nitrogens with zero attached hydrogens (tertiary/aromatic N) is 1. The number of esters is 1. The molecule has 0 spiro atoms. The molecular formula is C16H19N3O4S2. The summed E-state index contributed by atoms with van der Waals surface area (Å²) in [6, 6.07) is 2.98. The standard InChI is InChI=1S/C16H19N3O4S2/c1-2-23-14(21)10-12-15(22)17-7-8-19(12)16(24)18-13(20)6-5-11-4-3-9-25-11/h3-6,9,12H,2,7-8,10H2,1H3,(H,17,22)(H,18,20,24). The van der Waals surface area contributed by atoms with Crippen molar-refractivity contribution in [3.05, 3.63) is 28.5 Å². The van der Waals surface area contributed by atoms with Gasteiger partial charge in [0.2, 0.25) is 11.8 Å². The zero-order valence-corrected chi connectivity index (χ0v) is 15.3. The van der Waals surface area contributed by atoms with Gasteiger partial charge >= 0.3 is 5.97 Å². The summed E-state index contributed by atoms with van der Waals surface area (Å²) in [5, 5.41) is 7.29. The molecule has 0 aromatic carbocycles. The predicted octanol–water partition coefficient (Wildman–Crippen LogP) is 0.916. The monoisotopic (exact) mass is 381 g/mol. The molecule has 2 amide bonds. The average molecular weight is 381 g/mol. The molecule has 2 N–H and O–H groups in total. The summed E-state index contributed by atoms with van der Waals surface area (Å²) in [6.07, 6.45) is 2.94. The molecule has 134 valence electrons. The van der Waals surface area contributed by atoms with Crippen molar-refractivity contribution in [3.8, 4) is 0 Å². The van der Waals surface area contributed by atoms with Crippen LogP contribution in [0.25, 0.3) is 6.08 Å². The summed E-state index contributed by atoms with van der Waals surface area (Å²) in [6.45, 7) is 2.73. The Kier molecular flexibility index (Phi) is 7.08. The number of nitrogens with one attached hydrogen (secondary N) is 2. The number of thiophene rings is 1. The van der Waals surface area contributed by atoms with Crippen LogP contribution in [0.1, 0.15) is 18.2 Å². The number of thiocarbonyl (C=S) groups is 1. The van der Waals surface area contributed by atoms with Crippen molar-refractivity contribution in [3.63, 3.8) is 0 Å². The Morgan fingerprint density at radius 3 is 3.04 bits per heavy atom. The van der Waals surface area contributed by atoms with Gasteiger partial charge in [-0.25, -0.2) is 0 Å². The van der Waals surface area contributed by atoms with Gasteiger partial charge in [-0.3, -0.25) is 19.7 Å². The van der Waals surface area contributed by atoms with Crippen LogP contribution in [0.5, 0.6) is 0 Å². The molecule has 0 saturated carbocycles. The zero-order chi connectivity index (χ0) is 18.2. The molecule has 7 nitrogen and oxygen atoms in total. The molecule has 1 fully saturated rings. The molecule has 25 heavy (non-hydrogen) atoms. The van der Waals surface area contributed by atoms with Gasteiger partial charge in [0, 0.05) is 24.0 Å². The van der Waals surface area contributed by atoms with Crippen molar-refractivity contribution >= 4 is 52.5 Å². The molecular weight excluding hydrogens is 362 g/mol. The highest BCUT2D eigenvalue weighted by Crippen LogP contribution is 2.12. The van der Waals surface area contributed by atoms with Crippen LogP contribution in [0.4, 0.5) is 0 Å².